The van der Waals surface area contributed by atoms with Crippen LogP contribution < -0.4 is 19.9 Å². The van der Waals surface area contributed by atoms with E-state index in [-0.39, 0.29) is 0 Å². The number of aromatic nitrogens is 4. The molecule has 0 atom stereocenters. The largest absolute Gasteiger partial charge is 0.493 e. The van der Waals surface area contributed by atoms with Crippen LogP contribution in [0.15, 0.2) is 58.8 Å². The van der Waals surface area contributed by atoms with Crippen LogP contribution in [0.4, 0.5) is 5.82 Å². The Morgan fingerprint density at radius 1 is 0.969 bits per heavy atom. The van der Waals surface area contributed by atoms with Crippen molar-refractivity contribution < 1.29 is 14.2 Å². The fourth-order valence-electron chi connectivity index (χ4n) is 3.46. The predicted octanol–water partition coefficient (Wildman–Crippen LogP) is 4.17. The number of rotatable bonds is 9. The van der Waals surface area contributed by atoms with Crippen molar-refractivity contribution in [3.63, 3.8) is 0 Å². The molecule has 9 heteroatoms. The van der Waals surface area contributed by atoms with Gasteiger partial charge in [-0.25, -0.2) is 15.0 Å². The minimum absolute atomic E-state index is 0.364. The highest BCUT2D eigenvalue weighted by Gasteiger charge is 2.21. The number of hydrogen-bond acceptors (Lipinski definition) is 8. The van der Waals surface area contributed by atoms with Crippen LogP contribution in [0.3, 0.4) is 0 Å². The lowest BCUT2D eigenvalue weighted by atomic mass is 10.1. The lowest BCUT2D eigenvalue weighted by molar-refractivity contribution is 0.323. The summed E-state index contributed by atoms with van der Waals surface area (Å²) in [6.07, 6.45) is 3.66. The van der Waals surface area contributed by atoms with Crippen LogP contribution in [-0.4, -0.2) is 40.8 Å². The predicted molar refractivity (Wildman–Crippen MR) is 124 cm³/mol. The van der Waals surface area contributed by atoms with Crippen LogP contribution in [0.25, 0.3) is 11.5 Å². The smallest absolute Gasteiger partial charge is 0.203 e. The van der Waals surface area contributed by atoms with E-state index in [1.54, 1.807) is 27.7 Å². The van der Waals surface area contributed by atoms with Crippen LogP contribution >= 0.6 is 11.8 Å². The number of fused-ring (bicyclic) bond motifs is 1. The van der Waals surface area contributed by atoms with Gasteiger partial charge in [0.2, 0.25) is 5.75 Å². The summed E-state index contributed by atoms with van der Waals surface area (Å²) in [5.41, 5.74) is 7.99. The van der Waals surface area contributed by atoms with Gasteiger partial charge in [0.25, 0.3) is 0 Å². The number of nitrogen functional groups attached to an aromatic ring is 1. The van der Waals surface area contributed by atoms with Gasteiger partial charge in [0.1, 0.15) is 0 Å². The molecule has 0 spiro atoms. The topological polar surface area (TPSA) is 97.3 Å². The third-order valence-electron chi connectivity index (χ3n) is 5.03. The Bertz CT molecular complexity index is 1140. The van der Waals surface area contributed by atoms with Crippen molar-refractivity contribution in [2.45, 2.75) is 29.4 Å². The molecule has 0 amide bonds. The number of ether oxygens (including phenoxy) is 3. The van der Waals surface area contributed by atoms with E-state index in [0.29, 0.717) is 33.9 Å². The summed E-state index contributed by atoms with van der Waals surface area (Å²) >= 11 is 1.40. The Morgan fingerprint density at radius 2 is 1.69 bits per heavy atom. The first-order chi connectivity index (χ1) is 15.6. The maximum Gasteiger partial charge on any atom is 0.203 e. The van der Waals surface area contributed by atoms with Crippen molar-refractivity contribution in [1.29, 1.82) is 0 Å². The van der Waals surface area contributed by atoms with Crippen molar-refractivity contribution in [2.75, 3.05) is 27.1 Å². The van der Waals surface area contributed by atoms with E-state index >= 15 is 0 Å². The summed E-state index contributed by atoms with van der Waals surface area (Å²) in [6, 6.07) is 14.1. The van der Waals surface area contributed by atoms with Crippen molar-refractivity contribution >= 4 is 17.6 Å². The van der Waals surface area contributed by atoms with Gasteiger partial charge >= 0.3 is 0 Å². The number of imidazole rings is 1. The zero-order valence-electron chi connectivity index (χ0n) is 18.2. The first kappa shape index (κ1) is 21.8. The molecule has 2 heterocycles. The van der Waals surface area contributed by atoms with Gasteiger partial charge in [0.15, 0.2) is 34.0 Å². The van der Waals surface area contributed by atoms with Crippen LogP contribution in [0.5, 0.6) is 17.2 Å². The summed E-state index contributed by atoms with van der Waals surface area (Å²) in [5, 5.41) is 0.575. The number of aryl methyl sites for hydroxylation is 2. The van der Waals surface area contributed by atoms with Gasteiger partial charge < -0.3 is 24.5 Å². The summed E-state index contributed by atoms with van der Waals surface area (Å²) in [6.45, 7) is 0.769. The van der Waals surface area contributed by atoms with Gasteiger partial charge in [-0.15, -0.1) is 0 Å². The SMILES string of the molecule is COc1cc(Sc2nc3c(N)ncn(CCCc4ccccc4)c-3n2)cc(OC)c1OC. The fourth-order valence-corrected chi connectivity index (χ4v) is 4.27. The molecule has 2 N–H and O–H groups in total. The Hall–Kier alpha value is -3.46. The lowest BCUT2D eigenvalue weighted by Crippen LogP contribution is -2.09. The molecule has 0 bridgehead atoms. The number of nitrogens with zero attached hydrogens (tertiary/aromatic N) is 4. The van der Waals surface area contributed by atoms with Gasteiger partial charge in [-0.2, -0.15) is 0 Å². The van der Waals surface area contributed by atoms with E-state index < -0.39 is 0 Å². The highest BCUT2D eigenvalue weighted by molar-refractivity contribution is 7.99. The van der Waals surface area contributed by atoms with Crippen molar-refractivity contribution in [3.8, 4) is 28.8 Å². The zero-order chi connectivity index (χ0) is 22.5. The third kappa shape index (κ3) is 4.57. The van der Waals surface area contributed by atoms with Gasteiger partial charge in [0.05, 0.1) is 27.7 Å². The zero-order valence-corrected chi connectivity index (χ0v) is 19.1. The molecule has 2 aromatic carbocycles. The molecule has 0 saturated heterocycles. The molecule has 2 aromatic rings. The summed E-state index contributed by atoms with van der Waals surface area (Å²) in [5.74, 6) is 2.77. The Morgan fingerprint density at radius 3 is 2.34 bits per heavy atom. The van der Waals surface area contributed by atoms with Gasteiger partial charge in [-0.3, -0.25) is 0 Å². The Kier molecular flexibility index (Phi) is 6.65. The monoisotopic (exact) mass is 451 g/mol. The molecule has 8 nitrogen and oxygen atoms in total. The minimum atomic E-state index is 0.364. The molecular formula is C23H25N5O3S. The second kappa shape index (κ2) is 9.78. The number of nitrogens with two attached hydrogens (primary N) is 1. The number of anilines is 1. The quantitative estimate of drug-likeness (QED) is 0.405. The number of methoxy groups -OCH3 is 3. The highest BCUT2D eigenvalue weighted by atomic mass is 32.2. The van der Waals surface area contributed by atoms with Gasteiger partial charge in [-0.05, 0) is 42.3 Å². The summed E-state index contributed by atoms with van der Waals surface area (Å²) < 4.78 is 18.3. The highest BCUT2D eigenvalue weighted by Crippen LogP contribution is 2.42. The first-order valence-corrected chi connectivity index (χ1v) is 10.9. The van der Waals surface area contributed by atoms with Crippen LogP contribution in [0.1, 0.15) is 12.0 Å². The molecule has 32 heavy (non-hydrogen) atoms. The molecule has 4 rings (SSSR count). The molecule has 0 unspecified atom stereocenters. The molecular weight excluding hydrogens is 426 g/mol. The van der Waals surface area contributed by atoms with Gasteiger partial charge in [0, 0.05) is 11.4 Å². The number of benzene rings is 2. The Labute approximate surface area is 191 Å². The van der Waals surface area contributed by atoms with Gasteiger partial charge in [-0.1, -0.05) is 30.3 Å². The van der Waals surface area contributed by atoms with E-state index in [1.807, 2.05) is 22.8 Å². The second-order valence-corrected chi connectivity index (χ2v) is 8.09. The first-order valence-electron chi connectivity index (χ1n) is 10.1. The van der Waals surface area contributed by atoms with Crippen molar-refractivity contribution in [2.24, 2.45) is 0 Å². The fraction of sp³-hybridized carbons (Fsp3) is 0.261. The van der Waals surface area contributed by atoms with E-state index in [9.17, 15) is 0 Å². The van der Waals surface area contributed by atoms with Crippen LogP contribution in [0, 0.1) is 0 Å². The van der Waals surface area contributed by atoms with Crippen molar-refractivity contribution in [1.82, 2.24) is 19.5 Å². The molecule has 2 aliphatic heterocycles. The maximum absolute atomic E-state index is 6.09. The molecule has 0 aliphatic carbocycles. The number of hydrogen-bond donors (Lipinski definition) is 1. The van der Waals surface area contributed by atoms with E-state index in [0.717, 1.165) is 30.1 Å². The summed E-state index contributed by atoms with van der Waals surface area (Å²) in [7, 11) is 4.75. The molecule has 0 fully saturated rings. The average molecular weight is 452 g/mol. The molecule has 0 radical (unpaired) electrons. The standard InChI is InChI=1S/C23H25N5O3S/c1-29-17-12-16(13-18(30-2)20(17)31-3)32-23-26-19-21(24)25-14-28(22(19)27-23)11-7-10-15-8-5-4-6-9-15/h4-6,8-9,12-14H,7,10-11,24H2,1-3H3. The van der Waals surface area contributed by atoms with Crippen molar-refractivity contribution in [3.05, 3.63) is 54.4 Å². The average Bonchev–Trinajstić information content (AvgIpc) is 3.25. The second-order valence-electron chi connectivity index (χ2n) is 7.05. The molecule has 166 valence electrons. The van der Waals surface area contributed by atoms with Crippen LogP contribution in [-0.2, 0) is 13.0 Å². The molecule has 2 aliphatic rings. The van der Waals surface area contributed by atoms with E-state index in [1.165, 1.54) is 17.3 Å². The van der Waals surface area contributed by atoms with E-state index in [4.69, 9.17) is 24.9 Å². The van der Waals surface area contributed by atoms with E-state index in [2.05, 4.69) is 34.2 Å². The summed E-state index contributed by atoms with van der Waals surface area (Å²) in [4.78, 5) is 14.5. The maximum atomic E-state index is 6.09. The molecule has 0 aromatic heterocycles. The Balaban J connectivity index is 1.57. The third-order valence-corrected chi connectivity index (χ3v) is 5.86. The normalized spacial score (nSPS) is 11.0. The minimum Gasteiger partial charge on any atom is -0.493 e. The van der Waals surface area contributed by atoms with Crippen LogP contribution in [0.2, 0.25) is 0 Å². The lowest BCUT2D eigenvalue weighted by Gasteiger charge is -2.13. The molecule has 0 saturated carbocycles.